The number of rotatable bonds is 4. The Balaban J connectivity index is 1.79. The number of pyridine rings is 2. The summed E-state index contributed by atoms with van der Waals surface area (Å²) in [7, 11) is 0. The lowest BCUT2D eigenvalue weighted by Crippen LogP contribution is -2.30. The third-order valence-corrected chi connectivity index (χ3v) is 4.55. The van der Waals surface area contributed by atoms with Gasteiger partial charge in [-0.2, -0.15) is 0 Å². The predicted octanol–water partition coefficient (Wildman–Crippen LogP) is 4.01. The van der Waals surface area contributed by atoms with Crippen LogP contribution < -0.4 is 10.9 Å². The van der Waals surface area contributed by atoms with Gasteiger partial charge in [-0.15, -0.1) is 0 Å². The molecule has 0 spiro atoms. The van der Waals surface area contributed by atoms with E-state index < -0.39 is 5.91 Å². The van der Waals surface area contributed by atoms with Crippen LogP contribution >= 0.6 is 0 Å². The van der Waals surface area contributed by atoms with Gasteiger partial charge in [0.1, 0.15) is 11.2 Å². The molecule has 0 saturated heterocycles. The Bertz CT molecular complexity index is 1210. The molecule has 4 rings (SSSR count). The zero-order valence-corrected chi connectivity index (χ0v) is 15.4. The predicted molar refractivity (Wildman–Crippen MR) is 111 cm³/mol. The lowest BCUT2D eigenvalue weighted by Gasteiger charge is -2.12. The van der Waals surface area contributed by atoms with Crippen molar-refractivity contribution in [2.45, 2.75) is 13.5 Å². The van der Waals surface area contributed by atoms with Gasteiger partial charge in [-0.25, -0.2) is 4.98 Å². The van der Waals surface area contributed by atoms with E-state index in [1.807, 2.05) is 61.5 Å². The fraction of sp³-hybridized carbons (Fsp3) is 0.0870. The Labute approximate surface area is 162 Å². The number of carbonyl (C=O) groups is 1. The van der Waals surface area contributed by atoms with Crippen LogP contribution in [0.15, 0.2) is 83.8 Å². The largest absolute Gasteiger partial charge is 0.322 e. The molecule has 5 nitrogen and oxygen atoms in total. The minimum Gasteiger partial charge on any atom is -0.322 e. The molecule has 0 radical (unpaired) electrons. The summed E-state index contributed by atoms with van der Waals surface area (Å²) < 4.78 is 1.55. The van der Waals surface area contributed by atoms with Gasteiger partial charge in [0.05, 0.1) is 6.54 Å². The van der Waals surface area contributed by atoms with Crippen molar-refractivity contribution in [3.8, 4) is 0 Å². The molecule has 0 aliphatic carbocycles. The number of aromatic nitrogens is 2. The van der Waals surface area contributed by atoms with Crippen LogP contribution in [0, 0.1) is 6.92 Å². The van der Waals surface area contributed by atoms with E-state index >= 15 is 0 Å². The normalized spacial score (nSPS) is 10.8. The van der Waals surface area contributed by atoms with Crippen molar-refractivity contribution < 1.29 is 4.79 Å². The Morgan fingerprint density at radius 2 is 1.82 bits per heavy atom. The van der Waals surface area contributed by atoms with Gasteiger partial charge in [0.2, 0.25) is 0 Å². The molecule has 1 amide bonds. The molecule has 0 saturated carbocycles. The number of amides is 1. The number of anilines is 1. The van der Waals surface area contributed by atoms with Gasteiger partial charge in [-0.05, 0) is 48.4 Å². The van der Waals surface area contributed by atoms with Crippen LogP contribution in [0.5, 0.6) is 0 Å². The van der Waals surface area contributed by atoms with Crippen LogP contribution in [0.1, 0.15) is 21.5 Å². The van der Waals surface area contributed by atoms with Crippen molar-refractivity contribution in [3.05, 3.63) is 106 Å². The number of fused-ring (bicyclic) bond motifs is 1. The molecule has 0 aliphatic rings. The topological polar surface area (TPSA) is 64.0 Å². The molecule has 138 valence electrons. The Morgan fingerprint density at radius 1 is 1.00 bits per heavy atom. The smallest absolute Gasteiger partial charge is 0.265 e. The highest BCUT2D eigenvalue weighted by molar-refractivity contribution is 6.05. The average molecular weight is 369 g/mol. The monoisotopic (exact) mass is 369 g/mol. The second-order valence-corrected chi connectivity index (χ2v) is 6.67. The molecular formula is C23H19N3O2. The van der Waals surface area contributed by atoms with Crippen LogP contribution in [0.4, 0.5) is 5.69 Å². The number of aryl methyl sites for hydroxylation is 1. The highest BCUT2D eigenvalue weighted by Crippen LogP contribution is 2.15. The highest BCUT2D eigenvalue weighted by Gasteiger charge is 2.17. The summed E-state index contributed by atoms with van der Waals surface area (Å²) in [6, 6.07) is 22.4. The summed E-state index contributed by atoms with van der Waals surface area (Å²) >= 11 is 0. The Hall–Kier alpha value is -3.73. The van der Waals surface area contributed by atoms with E-state index in [2.05, 4.69) is 10.3 Å². The second kappa shape index (κ2) is 7.48. The summed E-state index contributed by atoms with van der Waals surface area (Å²) in [6.07, 6.45) is 1.65. The van der Waals surface area contributed by atoms with Gasteiger partial charge < -0.3 is 5.32 Å². The summed E-state index contributed by atoms with van der Waals surface area (Å²) in [5, 5.41) is 3.57. The lowest BCUT2D eigenvalue weighted by atomic mass is 10.1. The first kappa shape index (κ1) is 17.7. The molecule has 2 heterocycles. The highest BCUT2D eigenvalue weighted by atomic mass is 16.2. The van der Waals surface area contributed by atoms with Crippen molar-refractivity contribution >= 4 is 22.6 Å². The van der Waals surface area contributed by atoms with E-state index in [0.717, 1.165) is 16.5 Å². The summed E-state index contributed by atoms with van der Waals surface area (Å²) in [5.74, 6) is -0.428. The van der Waals surface area contributed by atoms with E-state index in [4.69, 9.17) is 0 Å². The lowest BCUT2D eigenvalue weighted by molar-refractivity contribution is 0.102. The fourth-order valence-corrected chi connectivity index (χ4v) is 3.20. The van der Waals surface area contributed by atoms with Gasteiger partial charge in [0.25, 0.3) is 11.5 Å². The van der Waals surface area contributed by atoms with Crippen molar-refractivity contribution in [1.29, 1.82) is 0 Å². The maximum atomic E-state index is 13.1. The second-order valence-electron chi connectivity index (χ2n) is 6.67. The molecular weight excluding hydrogens is 350 g/mol. The maximum absolute atomic E-state index is 13.1. The van der Waals surface area contributed by atoms with Crippen molar-refractivity contribution in [2.24, 2.45) is 0 Å². The van der Waals surface area contributed by atoms with Gasteiger partial charge in [0, 0.05) is 17.3 Å². The maximum Gasteiger partial charge on any atom is 0.265 e. The summed E-state index contributed by atoms with van der Waals surface area (Å²) in [5.41, 5.74) is 2.95. The molecule has 0 unspecified atom stereocenters. The van der Waals surface area contributed by atoms with Crippen LogP contribution in [0.25, 0.3) is 11.0 Å². The molecule has 2 aromatic heterocycles. The first-order valence-corrected chi connectivity index (χ1v) is 9.02. The van der Waals surface area contributed by atoms with Crippen LogP contribution in [0.2, 0.25) is 0 Å². The van der Waals surface area contributed by atoms with Gasteiger partial charge in [0.15, 0.2) is 0 Å². The first-order chi connectivity index (χ1) is 13.6. The minimum absolute atomic E-state index is 0.0953. The van der Waals surface area contributed by atoms with Crippen LogP contribution in [-0.4, -0.2) is 15.5 Å². The molecule has 4 aromatic rings. The van der Waals surface area contributed by atoms with E-state index in [-0.39, 0.29) is 11.1 Å². The molecule has 0 atom stereocenters. The third-order valence-electron chi connectivity index (χ3n) is 4.55. The molecule has 2 aromatic carbocycles. The first-order valence-electron chi connectivity index (χ1n) is 9.02. The van der Waals surface area contributed by atoms with Gasteiger partial charge in [-0.3, -0.25) is 14.2 Å². The van der Waals surface area contributed by atoms with E-state index in [1.165, 1.54) is 0 Å². The number of carbonyl (C=O) groups excluding carboxylic acids is 1. The molecule has 0 bridgehead atoms. The average Bonchev–Trinajstić information content (AvgIpc) is 2.70. The van der Waals surface area contributed by atoms with Crippen molar-refractivity contribution in [3.63, 3.8) is 0 Å². The standard InChI is InChI=1S/C23H19N3O2/c1-16-7-5-11-19(13-16)25-22(27)20-14-18-10-6-12-24-21(18)26(23(20)28)15-17-8-3-2-4-9-17/h2-14H,15H2,1H3,(H,25,27). The number of hydrogen-bond donors (Lipinski definition) is 1. The molecule has 5 heteroatoms. The molecule has 0 fully saturated rings. The third kappa shape index (κ3) is 3.55. The Kier molecular flexibility index (Phi) is 4.72. The number of nitrogens with zero attached hydrogens (tertiary/aromatic N) is 2. The number of nitrogens with one attached hydrogen (secondary N) is 1. The Morgan fingerprint density at radius 3 is 2.61 bits per heavy atom. The quantitative estimate of drug-likeness (QED) is 0.591. The van der Waals surface area contributed by atoms with Crippen molar-refractivity contribution in [1.82, 2.24) is 9.55 Å². The van der Waals surface area contributed by atoms with E-state index in [1.54, 1.807) is 29.0 Å². The van der Waals surface area contributed by atoms with E-state index in [9.17, 15) is 9.59 Å². The summed E-state index contributed by atoms with van der Waals surface area (Å²) in [6.45, 7) is 2.29. The molecule has 28 heavy (non-hydrogen) atoms. The minimum atomic E-state index is -0.428. The van der Waals surface area contributed by atoms with Crippen LogP contribution in [-0.2, 0) is 6.54 Å². The molecule has 1 N–H and O–H groups in total. The van der Waals surface area contributed by atoms with Crippen molar-refractivity contribution in [2.75, 3.05) is 5.32 Å². The van der Waals surface area contributed by atoms with Crippen LogP contribution in [0.3, 0.4) is 0 Å². The number of hydrogen-bond acceptors (Lipinski definition) is 3. The number of benzene rings is 2. The zero-order valence-electron chi connectivity index (χ0n) is 15.4. The SMILES string of the molecule is Cc1cccc(NC(=O)c2cc3cccnc3n(Cc3ccccc3)c2=O)c1. The zero-order chi connectivity index (χ0) is 19.5. The van der Waals surface area contributed by atoms with E-state index in [0.29, 0.717) is 17.9 Å². The fourth-order valence-electron chi connectivity index (χ4n) is 3.20. The van der Waals surface area contributed by atoms with Gasteiger partial charge >= 0.3 is 0 Å². The molecule has 0 aliphatic heterocycles. The summed E-state index contributed by atoms with van der Waals surface area (Å²) in [4.78, 5) is 30.4. The van der Waals surface area contributed by atoms with Gasteiger partial charge in [-0.1, -0.05) is 42.5 Å².